The maximum absolute atomic E-state index is 13.9. The summed E-state index contributed by atoms with van der Waals surface area (Å²) in [6.45, 7) is 0. The van der Waals surface area contributed by atoms with E-state index in [2.05, 4.69) is 15.0 Å². The van der Waals surface area contributed by atoms with Gasteiger partial charge in [0.2, 0.25) is 5.91 Å². The molecule has 3 aromatic carbocycles. The second-order valence-corrected chi connectivity index (χ2v) is 8.97. The molecule has 0 saturated heterocycles. The van der Waals surface area contributed by atoms with Gasteiger partial charge in [-0.05, 0) is 42.5 Å². The van der Waals surface area contributed by atoms with E-state index in [4.69, 9.17) is 4.42 Å². The van der Waals surface area contributed by atoms with Crippen molar-refractivity contribution in [3.63, 3.8) is 0 Å². The smallest absolute Gasteiger partial charge is 0.261 e. The second-order valence-electron chi connectivity index (χ2n) is 7.29. The van der Waals surface area contributed by atoms with E-state index < -0.39 is 21.7 Å². The number of nitrogens with one attached hydrogen (secondary N) is 2. The van der Waals surface area contributed by atoms with Crippen molar-refractivity contribution in [3.8, 4) is 11.3 Å². The van der Waals surface area contributed by atoms with Crippen molar-refractivity contribution in [2.45, 2.75) is 17.7 Å². The predicted molar refractivity (Wildman–Crippen MR) is 122 cm³/mol. The van der Waals surface area contributed by atoms with Crippen molar-refractivity contribution in [2.75, 3.05) is 10.0 Å². The highest BCUT2D eigenvalue weighted by atomic mass is 32.2. The summed E-state index contributed by atoms with van der Waals surface area (Å²) in [6.07, 6.45) is 1.48. The van der Waals surface area contributed by atoms with Gasteiger partial charge in [0, 0.05) is 24.6 Å². The SMILES string of the molecule is O=C(CCc1ncc(-c2ccc(F)cc2F)o1)Nc1cccc(NS(=O)(=O)c2ccccc2)c1. The zero-order chi connectivity index (χ0) is 24.1. The average Bonchev–Trinajstić information content (AvgIpc) is 3.27. The number of oxazole rings is 1. The number of aromatic nitrogens is 1. The van der Waals surface area contributed by atoms with Gasteiger partial charge >= 0.3 is 0 Å². The molecule has 1 heterocycles. The highest BCUT2D eigenvalue weighted by Crippen LogP contribution is 2.25. The topological polar surface area (TPSA) is 101 Å². The third kappa shape index (κ3) is 5.65. The van der Waals surface area contributed by atoms with Gasteiger partial charge in [-0.1, -0.05) is 24.3 Å². The maximum atomic E-state index is 13.9. The van der Waals surface area contributed by atoms with Crippen molar-refractivity contribution in [3.05, 3.63) is 96.5 Å². The van der Waals surface area contributed by atoms with Crippen LogP contribution in [-0.4, -0.2) is 19.3 Å². The Morgan fingerprint density at radius 1 is 0.941 bits per heavy atom. The normalized spacial score (nSPS) is 11.2. The Balaban J connectivity index is 1.35. The van der Waals surface area contributed by atoms with Crippen molar-refractivity contribution < 1.29 is 26.4 Å². The first kappa shape index (κ1) is 23.1. The lowest BCUT2D eigenvalue weighted by Gasteiger charge is -2.10. The van der Waals surface area contributed by atoms with Crippen LogP contribution in [0, 0.1) is 11.6 Å². The zero-order valence-corrected chi connectivity index (χ0v) is 18.5. The molecule has 4 aromatic rings. The molecule has 0 aliphatic carbocycles. The standard InChI is InChI=1S/C24H19F2N3O4S/c25-16-9-10-20(21(26)13-16)22-15-27-24(33-22)12-11-23(30)28-17-5-4-6-18(14-17)29-34(31,32)19-7-2-1-3-8-19/h1-10,13-15,29H,11-12H2,(H,28,30). The minimum atomic E-state index is -3.76. The number of carbonyl (C=O) groups excluding carboxylic acids is 1. The Morgan fingerprint density at radius 3 is 2.47 bits per heavy atom. The number of rotatable bonds is 8. The van der Waals surface area contributed by atoms with E-state index in [1.54, 1.807) is 36.4 Å². The van der Waals surface area contributed by atoms with E-state index in [1.165, 1.54) is 30.5 Å². The lowest BCUT2D eigenvalue weighted by atomic mass is 10.2. The Bertz CT molecular complexity index is 1420. The summed E-state index contributed by atoms with van der Waals surface area (Å²) in [5, 5.41) is 2.69. The molecule has 1 amide bonds. The molecular weight excluding hydrogens is 464 g/mol. The van der Waals surface area contributed by atoms with Crippen molar-refractivity contribution in [2.24, 2.45) is 0 Å². The maximum Gasteiger partial charge on any atom is 0.261 e. The first-order valence-electron chi connectivity index (χ1n) is 10.2. The van der Waals surface area contributed by atoms with Crippen molar-refractivity contribution >= 4 is 27.3 Å². The van der Waals surface area contributed by atoms with Crippen LogP contribution in [0.25, 0.3) is 11.3 Å². The molecule has 4 rings (SSSR count). The highest BCUT2D eigenvalue weighted by molar-refractivity contribution is 7.92. The molecule has 0 radical (unpaired) electrons. The van der Waals surface area contributed by atoms with Crippen LogP contribution in [0.1, 0.15) is 12.3 Å². The van der Waals surface area contributed by atoms with Gasteiger partial charge < -0.3 is 9.73 Å². The summed E-state index contributed by atoms with van der Waals surface area (Å²) in [5.74, 6) is -1.47. The largest absolute Gasteiger partial charge is 0.441 e. The Labute approximate surface area is 194 Å². The van der Waals surface area contributed by atoms with Crippen LogP contribution in [0.2, 0.25) is 0 Å². The van der Waals surface area contributed by atoms with Gasteiger partial charge in [-0.3, -0.25) is 9.52 Å². The lowest BCUT2D eigenvalue weighted by molar-refractivity contribution is -0.116. The fraction of sp³-hybridized carbons (Fsp3) is 0.0833. The van der Waals surface area contributed by atoms with Crippen LogP contribution >= 0.6 is 0 Å². The molecule has 34 heavy (non-hydrogen) atoms. The second kappa shape index (κ2) is 9.84. The molecule has 0 aliphatic heterocycles. The van der Waals surface area contributed by atoms with Crippen LogP contribution in [0.4, 0.5) is 20.2 Å². The molecular formula is C24H19F2N3O4S. The Hall–Kier alpha value is -4.05. The molecule has 0 unspecified atom stereocenters. The van der Waals surface area contributed by atoms with Gasteiger partial charge in [0.05, 0.1) is 22.3 Å². The molecule has 0 spiro atoms. The van der Waals surface area contributed by atoms with E-state index in [0.717, 1.165) is 12.1 Å². The van der Waals surface area contributed by atoms with Crippen LogP contribution in [-0.2, 0) is 21.2 Å². The Morgan fingerprint density at radius 2 is 1.71 bits per heavy atom. The highest BCUT2D eigenvalue weighted by Gasteiger charge is 2.15. The first-order chi connectivity index (χ1) is 16.3. The summed E-state index contributed by atoms with van der Waals surface area (Å²) < 4.78 is 59.9. The Kier molecular flexibility index (Phi) is 6.69. The quantitative estimate of drug-likeness (QED) is 0.368. The number of nitrogens with zero attached hydrogens (tertiary/aromatic N) is 1. The van der Waals surface area contributed by atoms with E-state index >= 15 is 0 Å². The van der Waals surface area contributed by atoms with Crippen molar-refractivity contribution in [1.82, 2.24) is 4.98 Å². The molecule has 0 saturated carbocycles. The number of hydrogen-bond acceptors (Lipinski definition) is 5. The number of benzene rings is 3. The van der Waals surface area contributed by atoms with Gasteiger partial charge in [0.15, 0.2) is 11.7 Å². The van der Waals surface area contributed by atoms with Gasteiger partial charge in [-0.15, -0.1) is 0 Å². The van der Waals surface area contributed by atoms with Crippen molar-refractivity contribution in [1.29, 1.82) is 0 Å². The number of aryl methyl sites for hydroxylation is 1. The number of sulfonamides is 1. The minimum absolute atomic E-state index is 0.0197. The van der Waals surface area contributed by atoms with Crippen LogP contribution in [0.3, 0.4) is 0 Å². The molecule has 0 bridgehead atoms. The van der Waals surface area contributed by atoms with Crippen LogP contribution in [0.5, 0.6) is 0 Å². The molecule has 7 nitrogen and oxygen atoms in total. The molecule has 0 aliphatic rings. The van der Waals surface area contributed by atoms with Gasteiger partial charge in [-0.2, -0.15) is 0 Å². The van der Waals surface area contributed by atoms with Gasteiger partial charge in [0.25, 0.3) is 10.0 Å². The number of halogens is 2. The van der Waals surface area contributed by atoms with Crippen LogP contribution < -0.4 is 10.0 Å². The van der Waals surface area contributed by atoms with Gasteiger partial charge in [0.1, 0.15) is 11.6 Å². The van der Waals surface area contributed by atoms with E-state index in [-0.39, 0.29) is 40.9 Å². The fourth-order valence-electron chi connectivity index (χ4n) is 3.16. The summed E-state index contributed by atoms with van der Waals surface area (Å²) in [6, 6.07) is 17.3. The van der Waals surface area contributed by atoms with E-state index in [9.17, 15) is 22.0 Å². The zero-order valence-electron chi connectivity index (χ0n) is 17.7. The summed E-state index contributed by atoms with van der Waals surface area (Å²) in [7, 11) is -3.76. The summed E-state index contributed by atoms with van der Waals surface area (Å²) in [4.78, 5) is 16.5. The first-order valence-corrected chi connectivity index (χ1v) is 11.7. The fourth-order valence-corrected chi connectivity index (χ4v) is 4.23. The molecule has 0 fully saturated rings. The molecule has 0 atom stereocenters. The number of hydrogen-bond donors (Lipinski definition) is 2. The average molecular weight is 483 g/mol. The number of anilines is 2. The van der Waals surface area contributed by atoms with E-state index in [0.29, 0.717) is 11.4 Å². The van der Waals surface area contributed by atoms with E-state index in [1.807, 2.05) is 0 Å². The third-order valence-corrected chi connectivity index (χ3v) is 6.17. The molecule has 174 valence electrons. The van der Waals surface area contributed by atoms with Crippen LogP contribution in [0.15, 0.2) is 88.3 Å². The summed E-state index contributed by atoms with van der Waals surface area (Å²) >= 11 is 0. The number of amides is 1. The summed E-state index contributed by atoms with van der Waals surface area (Å²) in [5.41, 5.74) is 0.763. The predicted octanol–water partition coefficient (Wildman–Crippen LogP) is 4.99. The van der Waals surface area contributed by atoms with Gasteiger partial charge in [-0.25, -0.2) is 22.2 Å². The molecule has 2 N–H and O–H groups in total. The minimum Gasteiger partial charge on any atom is -0.441 e. The monoisotopic (exact) mass is 483 g/mol. The number of carbonyl (C=O) groups is 1. The molecule has 1 aromatic heterocycles. The molecule has 10 heteroatoms. The lowest BCUT2D eigenvalue weighted by Crippen LogP contribution is -2.14. The third-order valence-electron chi connectivity index (χ3n) is 4.77.